The van der Waals surface area contributed by atoms with Gasteiger partial charge in [-0.1, -0.05) is 19.9 Å². The summed E-state index contributed by atoms with van der Waals surface area (Å²) in [5, 5.41) is 2.69. The van der Waals surface area contributed by atoms with Gasteiger partial charge in [0.15, 0.2) is 11.6 Å². The lowest BCUT2D eigenvalue weighted by molar-refractivity contribution is 0.0910. The third-order valence-corrected chi connectivity index (χ3v) is 5.84. The minimum Gasteiger partial charge on any atom is -0.338 e. The standard InChI is InChI=1S/C25H21FN4O3/c1-25(2)11-19-15(20(31)12-25)10-16(24(33)29-19)23(32)27-14-8-6-13(7-9-14)22-28-18-5-3-4-17(26)21(18)30-22/h3-10H,11-12H2,1-2H3,(H,27,32)(H,28,30)(H,29,33). The lowest BCUT2D eigenvalue weighted by Gasteiger charge is -2.29. The summed E-state index contributed by atoms with van der Waals surface area (Å²) in [4.78, 5) is 47.9. The second-order valence-electron chi connectivity index (χ2n) is 9.10. The Balaban J connectivity index is 1.38. The number of imidazole rings is 1. The summed E-state index contributed by atoms with van der Waals surface area (Å²) in [6, 6.07) is 12.9. The van der Waals surface area contributed by atoms with Gasteiger partial charge in [-0.25, -0.2) is 9.37 Å². The Bertz CT molecular complexity index is 1480. The van der Waals surface area contributed by atoms with Crippen molar-refractivity contribution >= 4 is 28.4 Å². The van der Waals surface area contributed by atoms with E-state index in [1.54, 1.807) is 36.4 Å². The molecule has 2 heterocycles. The highest BCUT2D eigenvalue weighted by molar-refractivity contribution is 6.06. The molecule has 4 aromatic rings. The number of H-pyrrole nitrogens is 2. The summed E-state index contributed by atoms with van der Waals surface area (Å²) >= 11 is 0. The number of benzene rings is 2. The van der Waals surface area contributed by atoms with Crippen LogP contribution in [0.5, 0.6) is 0 Å². The van der Waals surface area contributed by atoms with Crippen LogP contribution in [-0.2, 0) is 6.42 Å². The number of Topliss-reactive ketones (excluding diaryl/α,β-unsaturated/α-hetero) is 1. The lowest BCUT2D eigenvalue weighted by Crippen LogP contribution is -2.32. The number of hydrogen-bond donors (Lipinski definition) is 3. The molecule has 2 aromatic heterocycles. The highest BCUT2D eigenvalue weighted by atomic mass is 19.1. The second kappa shape index (κ2) is 7.51. The fourth-order valence-corrected chi connectivity index (χ4v) is 4.24. The zero-order chi connectivity index (χ0) is 23.3. The van der Waals surface area contributed by atoms with Crippen LogP contribution in [0.15, 0.2) is 53.3 Å². The first-order chi connectivity index (χ1) is 15.7. The largest absolute Gasteiger partial charge is 0.338 e. The van der Waals surface area contributed by atoms with Crippen molar-refractivity contribution in [3.05, 3.63) is 81.5 Å². The number of carbonyl (C=O) groups is 2. The van der Waals surface area contributed by atoms with E-state index in [1.165, 1.54) is 12.1 Å². The molecule has 7 nitrogen and oxygen atoms in total. The molecular weight excluding hydrogens is 423 g/mol. The van der Waals surface area contributed by atoms with Crippen LogP contribution in [0.2, 0.25) is 0 Å². The van der Waals surface area contributed by atoms with Crippen LogP contribution in [-0.4, -0.2) is 26.6 Å². The number of nitrogens with zero attached hydrogens (tertiary/aromatic N) is 1. The molecule has 5 rings (SSSR count). The summed E-state index contributed by atoms with van der Waals surface area (Å²) in [7, 11) is 0. The molecule has 33 heavy (non-hydrogen) atoms. The summed E-state index contributed by atoms with van der Waals surface area (Å²) in [5.41, 5.74) is 2.12. The van der Waals surface area contributed by atoms with Gasteiger partial charge in [0.05, 0.1) is 5.52 Å². The summed E-state index contributed by atoms with van der Waals surface area (Å²) in [6.45, 7) is 3.94. The van der Waals surface area contributed by atoms with Gasteiger partial charge in [0.2, 0.25) is 0 Å². The number of rotatable bonds is 3. The monoisotopic (exact) mass is 444 g/mol. The predicted molar refractivity (Wildman–Crippen MR) is 123 cm³/mol. The van der Waals surface area contributed by atoms with E-state index in [-0.39, 0.29) is 22.3 Å². The van der Waals surface area contributed by atoms with Crippen LogP contribution in [0.3, 0.4) is 0 Å². The number of para-hydroxylation sites is 1. The van der Waals surface area contributed by atoms with Crippen LogP contribution in [0, 0.1) is 11.2 Å². The van der Waals surface area contributed by atoms with E-state index in [0.717, 1.165) is 0 Å². The molecule has 0 spiro atoms. The van der Waals surface area contributed by atoms with Crippen LogP contribution < -0.4 is 10.9 Å². The fourth-order valence-electron chi connectivity index (χ4n) is 4.24. The van der Waals surface area contributed by atoms with Crippen LogP contribution in [0.1, 0.15) is 46.7 Å². The molecule has 0 fully saturated rings. The maximum atomic E-state index is 13.9. The molecule has 1 amide bonds. The quantitative estimate of drug-likeness (QED) is 0.433. The number of fused-ring (bicyclic) bond motifs is 2. The van der Waals surface area contributed by atoms with Crippen molar-refractivity contribution < 1.29 is 14.0 Å². The van der Waals surface area contributed by atoms with Crippen LogP contribution in [0.25, 0.3) is 22.4 Å². The number of nitrogens with one attached hydrogen (secondary N) is 3. The van der Waals surface area contributed by atoms with Gasteiger partial charge in [0.1, 0.15) is 16.9 Å². The highest BCUT2D eigenvalue weighted by Gasteiger charge is 2.32. The van der Waals surface area contributed by atoms with Gasteiger partial charge < -0.3 is 15.3 Å². The number of hydrogen-bond acceptors (Lipinski definition) is 4. The number of aromatic amines is 2. The second-order valence-corrected chi connectivity index (χ2v) is 9.10. The normalized spacial score (nSPS) is 14.8. The molecule has 0 atom stereocenters. The third kappa shape index (κ3) is 3.84. The summed E-state index contributed by atoms with van der Waals surface area (Å²) in [6.07, 6.45) is 0.929. The van der Waals surface area contributed by atoms with Crippen molar-refractivity contribution in [1.29, 1.82) is 0 Å². The molecule has 1 aliphatic carbocycles. The van der Waals surface area contributed by atoms with Crippen molar-refractivity contribution in [1.82, 2.24) is 15.0 Å². The van der Waals surface area contributed by atoms with Crippen molar-refractivity contribution in [2.24, 2.45) is 5.41 Å². The Kier molecular flexibility index (Phi) is 4.74. The Labute approximate surface area is 188 Å². The smallest absolute Gasteiger partial charge is 0.261 e. The molecule has 2 aromatic carbocycles. The first-order valence-electron chi connectivity index (χ1n) is 10.6. The minimum absolute atomic E-state index is 0.0850. The van der Waals surface area contributed by atoms with Crippen LogP contribution in [0.4, 0.5) is 10.1 Å². The molecule has 0 saturated heterocycles. The van der Waals surface area contributed by atoms with Gasteiger partial charge in [0.25, 0.3) is 11.5 Å². The average Bonchev–Trinajstić information content (AvgIpc) is 3.18. The van der Waals surface area contributed by atoms with Gasteiger partial charge in [-0.15, -0.1) is 0 Å². The highest BCUT2D eigenvalue weighted by Crippen LogP contribution is 2.33. The molecule has 0 bridgehead atoms. The van der Waals surface area contributed by atoms with Gasteiger partial charge in [-0.05, 0) is 54.3 Å². The van der Waals surface area contributed by atoms with E-state index < -0.39 is 17.3 Å². The van der Waals surface area contributed by atoms with Crippen LogP contribution >= 0.6 is 0 Å². The number of amides is 1. The lowest BCUT2D eigenvalue weighted by atomic mass is 9.75. The fraction of sp³-hybridized carbons (Fsp3) is 0.200. The van der Waals surface area contributed by atoms with E-state index in [2.05, 4.69) is 20.3 Å². The van der Waals surface area contributed by atoms with Gasteiger partial charge in [-0.3, -0.25) is 14.4 Å². The predicted octanol–water partition coefficient (Wildman–Crippen LogP) is 4.46. The van der Waals surface area contributed by atoms with E-state index in [0.29, 0.717) is 46.7 Å². The first kappa shape index (κ1) is 20.8. The first-order valence-corrected chi connectivity index (χ1v) is 10.6. The number of anilines is 1. The summed E-state index contributed by atoms with van der Waals surface area (Å²) in [5.74, 6) is -0.592. The zero-order valence-electron chi connectivity index (χ0n) is 18.1. The summed E-state index contributed by atoms with van der Waals surface area (Å²) < 4.78 is 13.9. The number of ketones is 1. The van der Waals surface area contributed by atoms with Crippen molar-refractivity contribution in [3.8, 4) is 11.4 Å². The Morgan fingerprint density at radius 3 is 2.55 bits per heavy atom. The van der Waals surface area contributed by atoms with E-state index >= 15 is 0 Å². The minimum atomic E-state index is -0.602. The Morgan fingerprint density at radius 2 is 1.82 bits per heavy atom. The van der Waals surface area contributed by atoms with Gasteiger partial charge >= 0.3 is 0 Å². The molecule has 0 saturated carbocycles. The number of aromatic nitrogens is 3. The van der Waals surface area contributed by atoms with E-state index in [4.69, 9.17) is 0 Å². The van der Waals surface area contributed by atoms with Gasteiger partial charge in [-0.2, -0.15) is 0 Å². The molecule has 166 valence electrons. The molecule has 0 aliphatic heterocycles. The molecule has 8 heteroatoms. The number of halogens is 1. The van der Waals surface area contributed by atoms with E-state index in [9.17, 15) is 18.8 Å². The molecule has 3 N–H and O–H groups in total. The van der Waals surface area contributed by atoms with Crippen molar-refractivity contribution in [2.45, 2.75) is 26.7 Å². The third-order valence-electron chi connectivity index (χ3n) is 5.84. The molecule has 0 radical (unpaired) electrons. The molecule has 0 unspecified atom stereocenters. The van der Waals surface area contributed by atoms with Gasteiger partial charge in [0, 0.05) is 28.9 Å². The number of carbonyl (C=O) groups excluding carboxylic acids is 2. The van der Waals surface area contributed by atoms with E-state index in [1.807, 2.05) is 13.8 Å². The number of pyridine rings is 1. The maximum absolute atomic E-state index is 13.9. The average molecular weight is 444 g/mol. The molecule has 1 aliphatic rings. The van der Waals surface area contributed by atoms with Crippen molar-refractivity contribution in [2.75, 3.05) is 5.32 Å². The Hall–Kier alpha value is -4.07. The zero-order valence-corrected chi connectivity index (χ0v) is 18.1. The van der Waals surface area contributed by atoms with Crippen molar-refractivity contribution in [3.63, 3.8) is 0 Å². The molecular formula is C25H21FN4O3. The maximum Gasteiger partial charge on any atom is 0.261 e. The Morgan fingerprint density at radius 1 is 1.06 bits per heavy atom. The topological polar surface area (TPSA) is 108 Å². The SMILES string of the molecule is CC1(C)CC(=O)c2cc(C(=O)Nc3ccc(-c4nc5c(F)cccc5[nH]4)cc3)c(=O)[nH]c2C1.